The van der Waals surface area contributed by atoms with Gasteiger partial charge in [-0.25, -0.2) is 4.90 Å². The van der Waals surface area contributed by atoms with Crippen LogP contribution in [0.4, 0.5) is 5.69 Å². The zero-order valence-electron chi connectivity index (χ0n) is 16.2. The Balaban J connectivity index is 1.71. The predicted molar refractivity (Wildman–Crippen MR) is 118 cm³/mol. The summed E-state index contributed by atoms with van der Waals surface area (Å²) < 4.78 is 0. The van der Waals surface area contributed by atoms with Crippen molar-refractivity contribution in [2.75, 3.05) is 4.90 Å². The molecule has 152 valence electrons. The van der Waals surface area contributed by atoms with E-state index in [-0.39, 0.29) is 24.3 Å². The number of hydrogen-bond acceptors (Lipinski definition) is 4. The van der Waals surface area contributed by atoms with E-state index in [9.17, 15) is 14.4 Å². The van der Waals surface area contributed by atoms with Gasteiger partial charge in [-0.05, 0) is 48.2 Å². The molecule has 0 radical (unpaired) electrons. The third-order valence-corrected chi connectivity index (χ3v) is 6.32. The minimum absolute atomic E-state index is 0.0598. The van der Waals surface area contributed by atoms with Crippen LogP contribution >= 0.6 is 22.9 Å². The molecule has 5 nitrogen and oxygen atoms in total. The fraction of sp³-hybridized carbons (Fsp3) is 0.174. The summed E-state index contributed by atoms with van der Waals surface area (Å²) in [6, 6.07) is 18.3. The zero-order chi connectivity index (χ0) is 21.3. The fourth-order valence-corrected chi connectivity index (χ4v) is 4.49. The topological polar surface area (TPSA) is 57.7 Å². The molecule has 1 aliphatic rings. The van der Waals surface area contributed by atoms with Crippen molar-refractivity contribution in [1.82, 2.24) is 4.90 Å². The molecular weight excluding hydrogens is 420 g/mol. The van der Waals surface area contributed by atoms with Crippen LogP contribution in [-0.2, 0) is 9.59 Å². The summed E-state index contributed by atoms with van der Waals surface area (Å²) in [5, 5.41) is 2.34. The highest BCUT2D eigenvalue weighted by Crippen LogP contribution is 2.33. The average molecular weight is 439 g/mol. The molecule has 3 amide bonds. The number of halogens is 1. The Labute approximate surface area is 183 Å². The van der Waals surface area contributed by atoms with Gasteiger partial charge in [0.25, 0.3) is 11.8 Å². The summed E-state index contributed by atoms with van der Waals surface area (Å²) in [7, 11) is 0. The lowest BCUT2D eigenvalue weighted by Crippen LogP contribution is -2.46. The van der Waals surface area contributed by atoms with Crippen molar-refractivity contribution in [3.8, 4) is 0 Å². The molecule has 7 heteroatoms. The maximum absolute atomic E-state index is 13.4. The van der Waals surface area contributed by atoms with Crippen molar-refractivity contribution in [1.29, 1.82) is 0 Å². The molecule has 3 aromatic rings. The molecule has 2 unspecified atom stereocenters. The molecule has 2 heterocycles. The highest BCUT2D eigenvalue weighted by Gasteiger charge is 2.46. The van der Waals surface area contributed by atoms with E-state index in [1.165, 1.54) is 16.2 Å². The number of carbonyl (C=O) groups is 3. The van der Waals surface area contributed by atoms with Gasteiger partial charge in [0, 0.05) is 5.02 Å². The predicted octanol–water partition coefficient (Wildman–Crippen LogP) is 4.94. The third-order valence-electron chi connectivity index (χ3n) is 5.21. The van der Waals surface area contributed by atoms with E-state index >= 15 is 0 Å². The van der Waals surface area contributed by atoms with Gasteiger partial charge in [0.05, 0.1) is 23.0 Å². The lowest BCUT2D eigenvalue weighted by molar-refractivity contribution is -0.122. The second-order valence-electron chi connectivity index (χ2n) is 7.04. The van der Waals surface area contributed by atoms with E-state index in [1.807, 2.05) is 42.6 Å². The quantitative estimate of drug-likeness (QED) is 0.530. The van der Waals surface area contributed by atoms with Crippen LogP contribution < -0.4 is 4.90 Å². The number of thiophene rings is 1. The second-order valence-corrected chi connectivity index (χ2v) is 8.42. The Bertz CT molecular complexity index is 1070. The van der Waals surface area contributed by atoms with Gasteiger partial charge in [0.15, 0.2) is 0 Å². The van der Waals surface area contributed by atoms with Gasteiger partial charge in [-0.2, -0.15) is 0 Å². The molecule has 30 heavy (non-hydrogen) atoms. The standard InChI is InChI=1S/C23H19ClN2O3S/c1-15(16-6-3-2-4-7-16)25(23(29)20-8-5-13-30-20)19-14-21(27)26(22(19)28)18-11-9-17(24)10-12-18/h2-13,15,19H,14H2,1H3. The number of imide groups is 1. The Hall–Kier alpha value is -2.96. The van der Waals surface area contributed by atoms with Crippen LogP contribution in [0.5, 0.6) is 0 Å². The lowest BCUT2D eigenvalue weighted by Gasteiger charge is -2.33. The van der Waals surface area contributed by atoms with Gasteiger partial charge in [0.2, 0.25) is 5.91 Å². The number of carbonyl (C=O) groups excluding carboxylic acids is 3. The van der Waals surface area contributed by atoms with Gasteiger partial charge in [-0.15, -0.1) is 11.3 Å². The minimum atomic E-state index is -0.877. The van der Waals surface area contributed by atoms with Gasteiger partial charge in [-0.1, -0.05) is 48.0 Å². The van der Waals surface area contributed by atoms with Crippen LogP contribution in [0.1, 0.15) is 34.6 Å². The van der Waals surface area contributed by atoms with E-state index in [0.29, 0.717) is 15.6 Å². The first-order valence-corrected chi connectivity index (χ1v) is 10.8. The van der Waals surface area contributed by atoms with Crippen LogP contribution in [-0.4, -0.2) is 28.7 Å². The van der Waals surface area contributed by atoms with Crippen molar-refractivity contribution in [2.45, 2.75) is 25.4 Å². The van der Waals surface area contributed by atoms with Crippen molar-refractivity contribution in [3.05, 3.63) is 87.6 Å². The maximum Gasteiger partial charge on any atom is 0.265 e. The van der Waals surface area contributed by atoms with Crippen molar-refractivity contribution in [2.24, 2.45) is 0 Å². The van der Waals surface area contributed by atoms with E-state index in [0.717, 1.165) is 10.5 Å². The Kier molecular flexibility index (Phi) is 5.70. The Morgan fingerprint density at radius 1 is 1.07 bits per heavy atom. The first kappa shape index (κ1) is 20.3. The molecule has 1 aliphatic heterocycles. The molecule has 0 saturated carbocycles. The van der Waals surface area contributed by atoms with Gasteiger partial charge < -0.3 is 4.90 Å². The van der Waals surface area contributed by atoms with E-state index in [2.05, 4.69) is 0 Å². The SMILES string of the molecule is CC(c1ccccc1)N(C(=O)c1cccs1)C1CC(=O)N(c2ccc(Cl)cc2)C1=O. The smallest absolute Gasteiger partial charge is 0.265 e. The number of hydrogen-bond donors (Lipinski definition) is 0. The molecule has 1 saturated heterocycles. The molecule has 0 spiro atoms. The summed E-state index contributed by atoms with van der Waals surface area (Å²) >= 11 is 7.25. The first-order valence-electron chi connectivity index (χ1n) is 9.51. The maximum atomic E-state index is 13.4. The molecule has 0 aliphatic carbocycles. The Morgan fingerprint density at radius 3 is 2.40 bits per heavy atom. The summed E-state index contributed by atoms with van der Waals surface area (Å²) in [6.45, 7) is 1.88. The van der Waals surface area contributed by atoms with E-state index in [1.54, 1.807) is 36.4 Å². The van der Waals surface area contributed by atoms with Crippen LogP contribution in [0.2, 0.25) is 5.02 Å². The normalized spacial score (nSPS) is 17.3. The zero-order valence-corrected chi connectivity index (χ0v) is 17.8. The van der Waals surface area contributed by atoms with Crippen LogP contribution in [0.15, 0.2) is 72.1 Å². The highest BCUT2D eigenvalue weighted by atomic mass is 35.5. The van der Waals surface area contributed by atoms with Crippen molar-refractivity contribution in [3.63, 3.8) is 0 Å². The van der Waals surface area contributed by atoms with Gasteiger partial charge in [-0.3, -0.25) is 14.4 Å². The van der Waals surface area contributed by atoms with Crippen LogP contribution in [0, 0.1) is 0 Å². The molecule has 1 aromatic heterocycles. The summed E-state index contributed by atoms with van der Waals surface area (Å²) in [5.74, 6) is -1.00. The van der Waals surface area contributed by atoms with Crippen LogP contribution in [0.3, 0.4) is 0 Å². The molecule has 4 rings (SSSR count). The lowest BCUT2D eigenvalue weighted by atomic mass is 10.0. The largest absolute Gasteiger partial charge is 0.319 e. The number of benzene rings is 2. The molecule has 2 atom stereocenters. The molecule has 0 N–H and O–H groups in total. The average Bonchev–Trinajstić information content (AvgIpc) is 3.39. The third kappa shape index (κ3) is 3.76. The van der Waals surface area contributed by atoms with Crippen LogP contribution in [0.25, 0.3) is 0 Å². The molecular formula is C23H19ClN2O3S. The Morgan fingerprint density at radius 2 is 1.77 bits per heavy atom. The number of anilines is 1. The van der Waals surface area contributed by atoms with E-state index in [4.69, 9.17) is 11.6 Å². The second kappa shape index (κ2) is 8.42. The number of rotatable bonds is 5. The van der Waals surface area contributed by atoms with E-state index < -0.39 is 11.9 Å². The van der Waals surface area contributed by atoms with Crippen molar-refractivity contribution >= 4 is 46.3 Å². The summed E-state index contributed by atoms with van der Waals surface area (Å²) in [4.78, 5) is 42.7. The first-order chi connectivity index (χ1) is 14.5. The molecule has 0 bridgehead atoms. The fourth-order valence-electron chi connectivity index (χ4n) is 3.70. The highest BCUT2D eigenvalue weighted by molar-refractivity contribution is 7.12. The monoisotopic (exact) mass is 438 g/mol. The van der Waals surface area contributed by atoms with Gasteiger partial charge >= 0.3 is 0 Å². The molecule has 2 aromatic carbocycles. The summed E-state index contributed by atoms with van der Waals surface area (Å²) in [6.07, 6.45) is -0.0598. The minimum Gasteiger partial charge on any atom is -0.319 e. The summed E-state index contributed by atoms with van der Waals surface area (Å²) in [5.41, 5.74) is 1.35. The number of amides is 3. The van der Waals surface area contributed by atoms with Crippen molar-refractivity contribution < 1.29 is 14.4 Å². The number of nitrogens with zero attached hydrogens (tertiary/aromatic N) is 2. The molecule has 1 fully saturated rings. The van der Waals surface area contributed by atoms with Gasteiger partial charge in [0.1, 0.15) is 6.04 Å².